The van der Waals surface area contributed by atoms with Crippen LogP contribution in [0, 0.1) is 6.92 Å². The van der Waals surface area contributed by atoms with Crippen molar-refractivity contribution in [2.75, 3.05) is 13.7 Å². The van der Waals surface area contributed by atoms with Gasteiger partial charge in [-0.3, -0.25) is 0 Å². The molecule has 0 fully saturated rings. The first kappa shape index (κ1) is 9.69. The summed E-state index contributed by atoms with van der Waals surface area (Å²) in [5.74, 6) is 0. The minimum absolute atomic E-state index is 0.221. The van der Waals surface area contributed by atoms with Crippen molar-refractivity contribution in [2.24, 2.45) is 5.73 Å². The summed E-state index contributed by atoms with van der Waals surface area (Å²) in [5, 5.41) is 0. The molecule has 0 saturated heterocycles. The standard InChI is InChI=1S/C12H17NO/c1-9-3-4-10-5-6-12(8-13,14-2)11(10)7-9/h3-4,7H,5-6,8,13H2,1-2H3. The molecular formula is C12H17NO. The second-order valence-corrected chi connectivity index (χ2v) is 4.06. The molecule has 1 aliphatic rings. The minimum atomic E-state index is -0.221. The lowest BCUT2D eigenvalue weighted by atomic mass is 9.94. The van der Waals surface area contributed by atoms with Crippen molar-refractivity contribution in [1.29, 1.82) is 0 Å². The van der Waals surface area contributed by atoms with E-state index in [4.69, 9.17) is 10.5 Å². The first-order valence-electron chi connectivity index (χ1n) is 5.07. The number of fused-ring (bicyclic) bond motifs is 1. The molecule has 1 aromatic rings. The Hall–Kier alpha value is -0.860. The van der Waals surface area contributed by atoms with Crippen LogP contribution in [0.2, 0.25) is 0 Å². The third kappa shape index (κ3) is 1.26. The third-order valence-electron chi connectivity index (χ3n) is 3.27. The highest BCUT2D eigenvalue weighted by molar-refractivity contribution is 5.40. The van der Waals surface area contributed by atoms with Crippen molar-refractivity contribution in [1.82, 2.24) is 0 Å². The molecule has 0 radical (unpaired) electrons. The van der Waals surface area contributed by atoms with Crippen molar-refractivity contribution in [2.45, 2.75) is 25.4 Å². The second kappa shape index (κ2) is 3.37. The predicted molar refractivity (Wildman–Crippen MR) is 57.2 cm³/mol. The van der Waals surface area contributed by atoms with Crippen LogP contribution in [-0.4, -0.2) is 13.7 Å². The Bertz CT molecular complexity index is 342. The zero-order valence-electron chi connectivity index (χ0n) is 8.84. The van der Waals surface area contributed by atoms with E-state index >= 15 is 0 Å². The molecule has 0 aliphatic heterocycles. The molecule has 0 bridgehead atoms. The summed E-state index contributed by atoms with van der Waals surface area (Å²) in [5.41, 5.74) is 9.56. The molecule has 2 nitrogen and oxygen atoms in total. The Labute approximate surface area is 85.1 Å². The van der Waals surface area contributed by atoms with Gasteiger partial charge in [-0.1, -0.05) is 23.8 Å². The van der Waals surface area contributed by atoms with Gasteiger partial charge in [0.1, 0.15) is 5.60 Å². The zero-order chi connectivity index (χ0) is 10.2. The fourth-order valence-corrected chi connectivity index (χ4v) is 2.31. The van der Waals surface area contributed by atoms with E-state index in [2.05, 4.69) is 25.1 Å². The van der Waals surface area contributed by atoms with Crippen molar-refractivity contribution in [3.05, 3.63) is 34.9 Å². The van der Waals surface area contributed by atoms with E-state index in [1.807, 2.05) is 0 Å². The normalized spacial score (nSPS) is 25.1. The monoisotopic (exact) mass is 191 g/mol. The molecular weight excluding hydrogens is 174 g/mol. The molecule has 14 heavy (non-hydrogen) atoms. The third-order valence-corrected chi connectivity index (χ3v) is 3.27. The molecule has 2 heteroatoms. The van der Waals surface area contributed by atoms with Gasteiger partial charge in [0, 0.05) is 13.7 Å². The Morgan fingerprint density at radius 2 is 2.29 bits per heavy atom. The maximum Gasteiger partial charge on any atom is 0.105 e. The summed E-state index contributed by atoms with van der Waals surface area (Å²) in [6.07, 6.45) is 2.10. The van der Waals surface area contributed by atoms with E-state index in [1.165, 1.54) is 16.7 Å². The van der Waals surface area contributed by atoms with Crippen molar-refractivity contribution < 1.29 is 4.74 Å². The number of hydrogen-bond donors (Lipinski definition) is 1. The lowest BCUT2D eigenvalue weighted by molar-refractivity contribution is -0.00517. The quantitative estimate of drug-likeness (QED) is 0.772. The summed E-state index contributed by atoms with van der Waals surface area (Å²) in [6.45, 7) is 2.68. The van der Waals surface area contributed by atoms with Crippen LogP contribution in [0.4, 0.5) is 0 Å². The summed E-state index contributed by atoms with van der Waals surface area (Å²) in [6, 6.07) is 6.56. The van der Waals surface area contributed by atoms with E-state index < -0.39 is 0 Å². The predicted octanol–water partition coefficient (Wildman–Crippen LogP) is 1.74. The van der Waals surface area contributed by atoms with Gasteiger partial charge in [0.05, 0.1) is 0 Å². The molecule has 0 aromatic heterocycles. The van der Waals surface area contributed by atoms with E-state index in [1.54, 1.807) is 7.11 Å². The summed E-state index contributed by atoms with van der Waals surface area (Å²) in [7, 11) is 1.75. The van der Waals surface area contributed by atoms with Gasteiger partial charge < -0.3 is 10.5 Å². The van der Waals surface area contributed by atoms with Crippen LogP contribution >= 0.6 is 0 Å². The number of ether oxygens (including phenoxy) is 1. The molecule has 0 amide bonds. The molecule has 1 aromatic carbocycles. The van der Waals surface area contributed by atoms with Crippen LogP contribution < -0.4 is 5.73 Å². The smallest absolute Gasteiger partial charge is 0.105 e. The van der Waals surface area contributed by atoms with E-state index in [0.29, 0.717) is 6.54 Å². The van der Waals surface area contributed by atoms with Gasteiger partial charge in [-0.05, 0) is 30.9 Å². The van der Waals surface area contributed by atoms with Crippen LogP contribution in [-0.2, 0) is 16.8 Å². The highest BCUT2D eigenvalue weighted by Gasteiger charge is 2.37. The lowest BCUT2D eigenvalue weighted by Gasteiger charge is -2.27. The number of aryl methyl sites for hydroxylation is 2. The largest absolute Gasteiger partial charge is 0.372 e. The van der Waals surface area contributed by atoms with Gasteiger partial charge in [-0.25, -0.2) is 0 Å². The molecule has 1 unspecified atom stereocenters. The van der Waals surface area contributed by atoms with Gasteiger partial charge in [-0.15, -0.1) is 0 Å². The Morgan fingerprint density at radius 3 is 2.93 bits per heavy atom. The number of benzene rings is 1. The average molecular weight is 191 g/mol. The Kier molecular flexibility index (Phi) is 2.33. The first-order chi connectivity index (χ1) is 6.72. The molecule has 1 atom stereocenters. The zero-order valence-corrected chi connectivity index (χ0v) is 8.84. The molecule has 1 aliphatic carbocycles. The fraction of sp³-hybridized carbons (Fsp3) is 0.500. The van der Waals surface area contributed by atoms with Gasteiger partial charge >= 0.3 is 0 Å². The number of hydrogen-bond acceptors (Lipinski definition) is 2. The molecule has 2 rings (SSSR count). The molecule has 0 saturated carbocycles. The maximum absolute atomic E-state index is 5.82. The average Bonchev–Trinajstić information content (AvgIpc) is 2.57. The lowest BCUT2D eigenvalue weighted by Crippen LogP contribution is -2.34. The van der Waals surface area contributed by atoms with Gasteiger partial charge in [0.15, 0.2) is 0 Å². The van der Waals surface area contributed by atoms with Crippen LogP contribution in [0.1, 0.15) is 23.1 Å². The van der Waals surface area contributed by atoms with Gasteiger partial charge in [0.25, 0.3) is 0 Å². The fourth-order valence-electron chi connectivity index (χ4n) is 2.31. The summed E-state index contributed by atoms with van der Waals surface area (Å²) < 4.78 is 5.60. The van der Waals surface area contributed by atoms with E-state index in [9.17, 15) is 0 Å². The van der Waals surface area contributed by atoms with Gasteiger partial charge in [-0.2, -0.15) is 0 Å². The van der Waals surface area contributed by atoms with E-state index in [-0.39, 0.29) is 5.60 Å². The Balaban J connectivity index is 2.51. The van der Waals surface area contributed by atoms with Crippen molar-refractivity contribution in [3.8, 4) is 0 Å². The highest BCUT2D eigenvalue weighted by Crippen LogP contribution is 2.39. The summed E-state index contributed by atoms with van der Waals surface area (Å²) in [4.78, 5) is 0. The molecule has 76 valence electrons. The topological polar surface area (TPSA) is 35.2 Å². The number of rotatable bonds is 2. The maximum atomic E-state index is 5.82. The molecule has 0 spiro atoms. The van der Waals surface area contributed by atoms with Crippen LogP contribution in [0.3, 0.4) is 0 Å². The van der Waals surface area contributed by atoms with E-state index in [0.717, 1.165) is 12.8 Å². The Morgan fingerprint density at radius 1 is 1.50 bits per heavy atom. The van der Waals surface area contributed by atoms with Crippen LogP contribution in [0.5, 0.6) is 0 Å². The molecule has 2 N–H and O–H groups in total. The minimum Gasteiger partial charge on any atom is -0.372 e. The second-order valence-electron chi connectivity index (χ2n) is 4.06. The number of methoxy groups -OCH3 is 1. The SMILES string of the molecule is COC1(CN)CCc2ccc(C)cc21. The van der Waals surface area contributed by atoms with Crippen LogP contribution in [0.25, 0.3) is 0 Å². The molecule has 0 heterocycles. The summed E-state index contributed by atoms with van der Waals surface area (Å²) >= 11 is 0. The first-order valence-corrected chi connectivity index (χ1v) is 5.07. The van der Waals surface area contributed by atoms with Crippen molar-refractivity contribution in [3.63, 3.8) is 0 Å². The van der Waals surface area contributed by atoms with Crippen molar-refractivity contribution >= 4 is 0 Å². The van der Waals surface area contributed by atoms with Gasteiger partial charge in [0.2, 0.25) is 0 Å². The number of nitrogens with two attached hydrogens (primary N) is 1. The van der Waals surface area contributed by atoms with Crippen LogP contribution in [0.15, 0.2) is 18.2 Å². The highest BCUT2D eigenvalue weighted by atomic mass is 16.5.